The van der Waals surface area contributed by atoms with Crippen LogP contribution in [0.1, 0.15) is 11.1 Å². The van der Waals surface area contributed by atoms with E-state index in [-0.39, 0.29) is 5.91 Å². The van der Waals surface area contributed by atoms with Gasteiger partial charge in [0.05, 0.1) is 11.6 Å². The highest BCUT2D eigenvalue weighted by molar-refractivity contribution is 6.01. The first-order chi connectivity index (χ1) is 12.7. The van der Waals surface area contributed by atoms with Crippen LogP contribution in [-0.2, 0) is 4.79 Å². The monoisotopic (exact) mass is 341 g/mol. The SMILES string of the molecule is N#Cc1ccc(Oc2ccc(NC(=O)/C=C/c3cccnc3)cc2)cc1. The van der Waals surface area contributed by atoms with Gasteiger partial charge in [-0.1, -0.05) is 6.07 Å². The third-order valence-electron chi connectivity index (χ3n) is 3.45. The highest BCUT2D eigenvalue weighted by atomic mass is 16.5. The summed E-state index contributed by atoms with van der Waals surface area (Å²) in [6.45, 7) is 0. The fraction of sp³-hybridized carbons (Fsp3) is 0. The second-order valence-corrected chi connectivity index (χ2v) is 5.37. The molecular weight excluding hydrogens is 326 g/mol. The van der Waals surface area contributed by atoms with Gasteiger partial charge in [-0.05, 0) is 66.2 Å². The number of ether oxygens (including phenoxy) is 1. The van der Waals surface area contributed by atoms with Gasteiger partial charge in [-0.2, -0.15) is 5.26 Å². The van der Waals surface area contributed by atoms with E-state index in [1.165, 1.54) is 6.08 Å². The summed E-state index contributed by atoms with van der Waals surface area (Å²) in [7, 11) is 0. The summed E-state index contributed by atoms with van der Waals surface area (Å²) >= 11 is 0. The minimum atomic E-state index is -0.227. The summed E-state index contributed by atoms with van der Waals surface area (Å²) in [5.41, 5.74) is 2.10. The van der Waals surface area contributed by atoms with Gasteiger partial charge < -0.3 is 10.1 Å². The average molecular weight is 341 g/mol. The number of aromatic nitrogens is 1. The van der Waals surface area contributed by atoms with E-state index in [2.05, 4.69) is 16.4 Å². The Morgan fingerprint density at radius 1 is 1.04 bits per heavy atom. The molecule has 0 aliphatic rings. The van der Waals surface area contributed by atoms with Gasteiger partial charge >= 0.3 is 0 Å². The van der Waals surface area contributed by atoms with Crippen molar-refractivity contribution in [1.29, 1.82) is 5.26 Å². The number of anilines is 1. The minimum absolute atomic E-state index is 0.227. The van der Waals surface area contributed by atoms with Crippen molar-refractivity contribution in [1.82, 2.24) is 4.98 Å². The first-order valence-corrected chi connectivity index (χ1v) is 7.90. The van der Waals surface area contributed by atoms with Crippen LogP contribution in [0.3, 0.4) is 0 Å². The zero-order valence-electron chi connectivity index (χ0n) is 13.8. The topological polar surface area (TPSA) is 75.0 Å². The molecule has 0 aliphatic carbocycles. The number of nitrogens with one attached hydrogen (secondary N) is 1. The number of carbonyl (C=O) groups excluding carboxylic acids is 1. The van der Waals surface area contributed by atoms with Gasteiger partial charge in [0.15, 0.2) is 0 Å². The molecular formula is C21H15N3O2. The number of hydrogen-bond acceptors (Lipinski definition) is 4. The molecule has 1 amide bonds. The maximum absolute atomic E-state index is 11.9. The van der Waals surface area contributed by atoms with Crippen molar-refractivity contribution in [2.24, 2.45) is 0 Å². The van der Waals surface area contributed by atoms with Crippen LogP contribution in [0.25, 0.3) is 6.08 Å². The number of rotatable bonds is 5. The molecule has 0 spiro atoms. The molecule has 2 aromatic carbocycles. The highest BCUT2D eigenvalue weighted by Crippen LogP contribution is 2.23. The second-order valence-electron chi connectivity index (χ2n) is 5.37. The summed E-state index contributed by atoms with van der Waals surface area (Å²) < 4.78 is 5.70. The van der Waals surface area contributed by atoms with E-state index in [9.17, 15) is 4.79 Å². The summed E-state index contributed by atoms with van der Waals surface area (Å²) in [6, 6.07) is 19.6. The number of nitriles is 1. The van der Waals surface area contributed by atoms with Gasteiger partial charge in [-0.15, -0.1) is 0 Å². The molecule has 26 heavy (non-hydrogen) atoms. The molecule has 0 unspecified atom stereocenters. The predicted molar refractivity (Wildman–Crippen MR) is 99.6 cm³/mol. The van der Waals surface area contributed by atoms with Crippen molar-refractivity contribution >= 4 is 17.7 Å². The predicted octanol–water partition coefficient (Wildman–Crippen LogP) is 4.40. The standard InChI is InChI=1S/C21H15N3O2/c22-14-16-3-8-19(9-4-16)26-20-10-6-18(7-11-20)24-21(25)12-5-17-2-1-13-23-15-17/h1-13,15H,(H,24,25)/b12-5+. The van der Waals surface area contributed by atoms with Gasteiger partial charge in [0.25, 0.3) is 0 Å². The molecule has 1 N–H and O–H groups in total. The van der Waals surface area contributed by atoms with Crippen molar-refractivity contribution in [3.8, 4) is 17.6 Å². The molecule has 3 aromatic rings. The molecule has 0 atom stereocenters. The van der Waals surface area contributed by atoms with Crippen LogP contribution in [-0.4, -0.2) is 10.9 Å². The molecule has 5 heteroatoms. The first-order valence-electron chi connectivity index (χ1n) is 7.90. The van der Waals surface area contributed by atoms with Gasteiger partial charge in [-0.3, -0.25) is 9.78 Å². The van der Waals surface area contributed by atoms with Crippen LogP contribution in [0.2, 0.25) is 0 Å². The normalized spacial score (nSPS) is 10.3. The Kier molecular flexibility index (Phi) is 5.38. The van der Waals surface area contributed by atoms with Gasteiger partial charge in [0.1, 0.15) is 11.5 Å². The second kappa shape index (κ2) is 8.27. The molecule has 0 fully saturated rings. The van der Waals surface area contributed by atoms with E-state index >= 15 is 0 Å². The van der Waals surface area contributed by atoms with Gasteiger partial charge in [-0.25, -0.2) is 0 Å². The van der Waals surface area contributed by atoms with E-state index in [1.807, 2.05) is 12.1 Å². The number of pyridine rings is 1. The Hall–Kier alpha value is -3.91. The summed E-state index contributed by atoms with van der Waals surface area (Å²) in [4.78, 5) is 15.9. The fourth-order valence-electron chi connectivity index (χ4n) is 2.17. The van der Waals surface area contributed by atoms with E-state index in [0.717, 1.165) is 5.56 Å². The van der Waals surface area contributed by atoms with Crippen LogP contribution in [0, 0.1) is 11.3 Å². The average Bonchev–Trinajstić information content (AvgIpc) is 2.69. The molecule has 0 saturated heterocycles. The lowest BCUT2D eigenvalue weighted by Crippen LogP contribution is -2.07. The van der Waals surface area contributed by atoms with E-state index in [0.29, 0.717) is 22.7 Å². The molecule has 0 aliphatic heterocycles. The van der Waals surface area contributed by atoms with Crippen LogP contribution < -0.4 is 10.1 Å². The van der Waals surface area contributed by atoms with Crippen molar-refractivity contribution in [3.63, 3.8) is 0 Å². The lowest BCUT2D eigenvalue weighted by Gasteiger charge is -2.07. The quantitative estimate of drug-likeness (QED) is 0.698. The lowest BCUT2D eigenvalue weighted by atomic mass is 10.2. The van der Waals surface area contributed by atoms with Crippen molar-refractivity contribution in [2.45, 2.75) is 0 Å². The number of carbonyl (C=O) groups is 1. The fourth-order valence-corrected chi connectivity index (χ4v) is 2.17. The molecule has 0 saturated carbocycles. The largest absolute Gasteiger partial charge is 0.457 e. The third kappa shape index (κ3) is 4.79. The number of amides is 1. The maximum atomic E-state index is 11.9. The Bertz CT molecular complexity index is 941. The van der Waals surface area contributed by atoms with E-state index < -0.39 is 0 Å². The number of hydrogen-bond donors (Lipinski definition) is 1. The summed E-state index contributed by atoms with van der Waals surface area (Å²) in [6.07, 6.45) is 6.51. The van der Waals surface area contributed by atoms with Crippen LogP contribution >= 0.6 is 0 Å². The first kappa shape index (κ1) is 16.9. The Morgan fingerprint density at radius 3 is 2.35 bits per heavy atom. The third-order valence-corrected chi connectivity index (χ3v) is 3.45. The van der Waals surface area contributed by atoms with Crippen LogP contribution in [0.4, 0.5) is 5.69 Å². The molecule has 5 nitrogen and oxygen atoms in total. The molecule has 1 aromatic heterocycles. The van der Waals surface area contributed by atoms with Gasteiger partial charge in [0.2, 0.25) is 5.91 Å². The van der Waals surface area contributed by atoms with E-state index in [4.69, 9.17) is 10.00 Å². The maximum Gasteiger partial charge on any atom is 0.248 e. The number of benzene rings is 2. The Balaban J connectivity index is 1.57. The number of nitrogens with zero attached hydrogens (tertiary/aromatic N) is 2. The van der Waals surface area contributed by atoms with Crippen molar-refractivity contribution in [2.75, 3.05) is 5.32 Å². The summed E-state index contributed by atoms with van der Waals surface area (Å²) in [5.74, 6) is 1.05. The molecule has 3 rings (SSSR count). The van der Waals surface area contributed by atoms with Crippen LogP contribution in [0.15, 0.2) is 79.1 Å². The zero-order chi connectivity index (χ0) is 18.2. The van der Waals surface area contributed by atoms with Crippen molar-refractivity contribution < 1.29 is 9.53 Å². The smallest absolute Gasteiger partial charge is 0.248 e. The minimum Gasteiger partial charge on any atom is -0.457 e. The molecule has 0 bridgehead atoms. The molecule has 126 valence electrons. The summed E-state index contributed by atoms with van der Waals surface area (Å²) in [5, 5.41) is 11.6. The molecule has 1 heterocycles. The highest BCUT2D eigenvalue weighted by Gasteiger charge is 2.01. The van der Waals surface area contributed by atoms with Crippen LogP contribution in [0.5, 0.6) is 11.5 Å². The Morgan fingerprint density at radius 2 is 1.73 bits per heavy atom. The van der Waals surface area contributed by atoms with E-state index in [1.54, 1.807) is 67.0 Å². The Labute approximate surface area is 151 Å². The lowest BCUT2D eigenvalue weighted by molar-refractivity contribution is -0.111. The van der Waals surface area contributed by atoms with Gasteiger partial charge in [0, 0.05) is 24.2 Å². The molecule has 0 radical (unpaired) electrons. The zero-order valence-corrected chi connectivity index (χ0v) is 13.8. The van der Waals surface area contributed by atoms with Crippen molar-refractivity contribution in [3.05, 3.63) is 90.3 Å².